The zero-order valence-electron chi connectivity index (χ0n) is 16.4. The summed E-state index contributed by atoms with van der Waals surface area (Å²) >= 11 is 0. The Morgan fingerprint density at radius 1 is 1.15 bits per heavy atom. The first-order valence-electron chi connectivity index (χ1n) is 8.33. The van der Waals surface area contributed by atoms with Crippen molar-refractivity contribution in [2.75, 3.05) is 0 Å². The molecule has 27 heavy (non-hydrogen) atoms. The maximum Gasteiger partial charge on any atom is 0.237 e. The van der Waals surface area contributed by atoms with Gasteiger partial charge >= 0.3 is 0 Å². The largest absolute Gasteiger partial charge is 0.326 e. The minimum atomic E-state index is -3.60. The molecule has 0 atom stereocenters. The fourth-order valence-electron chi connectivity index (χ4n) is 1.71. The molecule has 8 heteroatoms. The fraction of sp³-hybridized carbons (Fsp3) is 0.421. The van der Waals surface area contributed by atoms with Crippen molar-refractivity contribution in [1.29, 1.82) is 0 Å². The molecule has 0 heterocycles. The van der Waals surface area contributed by atoms with Gasteiger partial charge in [-0.2, -0.15) is 0 Å². The Hall–Kier alpha value is -2.22. The van der Waals surface area contributed by atoms with Crippen LogP contribution in [0.5, 0.6) is 0 Å². The van der Waals surface area contributed by atoms with Crippen molar-refractivity contribution >= 4 is 15.9 Å². The molecular formula is C19H28F2N2O3S. The third-order valence-electron chi connectivity index (χ3n) is 3.09. The van der Waals surface area contributed by atoms with E-state index in [1.165, 1.54) is 0 Å². The van der Waals surface area contributed by atoms with E-state index in [1.54, 1.807) is 45.9 Å². The van der Waals surface area contributed by atoms with E-state index in [0.717, 1.165) is 19.1 Å². The van der Waals surface area contributed by atoms with Crippen molar-refractivity contribution in [2.24, 2.45) is 0 Å². The molecule has 1 amide bonds. The maximum absolute atomic E-state index is 13.0. The molecule has 0 saturated carbocycles. The van der Waals surface area contributed by atoms with Crippen LogP contribution in [0, 0.1) is 0 Å². The normalized spacial score (nSPS) is 14.4. The molecule has 0 aliphatic rings. The smallest absolute Gasteiger partial charge is 0.237 e. The van der Waals surface area contributed by atoms with Crippen molar-refractivity contribution in [3.63, 3.8) is 0 Å². The maximum atomic E-state index is 13.0. The predicted molar refractivity (Wildman–Crippen MR) is 105 cm³/mol. The molecule has 0 bridgehead atoms. The van der Waals surface area contributed by atoms with Crippen LogP contribution in [0.25, 0.3) is 0 Å². The number of hydrogen-bond donors (Lipinski definition) is 2. The topological polar surface area (TPSA) is 75.3 Å². The minimum absolute atomic E-state index is 0.00637. The molecule has 152 valence electrons. The number of rotatable bonds is 9. The van der Waals surface area contributed by atoms with Crippen LogP contribution in [0.3, 0.4) is 0 Å². The summed E-state index contributed by atoms with van der Waals surface area (Å²) in [5, 5.41) is 2.38. The van der Waals surface area contributed by atoms with E-state index in [4.69, 9.17) is 0 Å². The second-order valence-electron chi connectivity index (χ2n) is 6.74. The van der Waals surface area contributed by atoms with E-state index in [2.05, 4.69) is 16.6 Å². The van der Waals surface area contributed by atoms with Crippen LogP contribution in [-0.4, -0.2) is 19.1 Å². The molecule has 0 unspecified atom stereocenters. The van der Waals surface area contributed by atoms with Crippen LogP contribution in [0.15, 0.2) is 60.0 Å². The summed E-state index contributed by atoms with van der Waals surface area (Å²) in [4.78, 5) is 12.0. The highest BCUT2D eigenvalue weighted by molar-refractivity contribution is 7.90. The van der Waals surface area contributed by atoms with Gasteiger partial charge in [-0.25, -0.2) is 17.2 Å². The Morgan fingerprint density at radius 3 is 2.19 bits per heavy atom. The molecule has 2 N–H and O–H groups in total. The third-order valence-corrected chi connectivity index (χ3v) is 5.21. The highest BCUT2D eigenvalue weighted by Crippen LogP contribution is 2.15. The molecule has 0 radical (unpaired) electrons. The number of hydrogen-bond acceptors (Lipinski definition) is 3. The molecule has 0 rings (SSSR count). The summed E-state index contributed by atoms with van der Waals surface area (Å²) in [5.41, 5.74) is 0.284. The number of amides is 1. The first-order chi connectivity index (χ1) is 12.3. The van der Waals surface area contributed by atoms with Crippen molar-refractivity contribution < 1.29 is 22.0 Å². The van der Waals surface area contributed by atoms with Gasteiger partial charge < -0.3 is 5.32 Å². The molecule has 0 aromatic heterocycles. The van der Waals surface area contributed by atoms with Crippen molar-refractivity contribution in [1.82, 2.24) is 10.0 Å². The summed E-state index contributed by atoms with van der Waals surface area (Å²) in [6.07, 6.45) is 6.90. The molecule has 0 fully saturated rings. The molecule has 0 aliphatic heterocycles. The number of halogens is 2. The van der Waals surface area contributed by atoms with Crippen LogP contribution < -0.4 is 10.0 Å². The molecule has 0 spiro atoms. The SMILES string of the molecule is C=C(F)/C=C(\C=C(/C)F)NC(=O)CC/C=C(\C=C/C)NS(=O)(=O)C(C)(C)C. The summed E-state index contributed by atoms with van der Waals surface area (Å²) in [6, 6.07) is 0. The van der Waals surface area contributed by atoms with E-state index in [0.29, 0.717) is 5.70 Å². The average molecular weight is 403 g/mol. The van der Waals surface area contributed by atoms with Crippen LogP contribution in [0.1, 0.15) is 47.5 Å². The zero-order valence-corrected chi connectivity index (χ0v) is 17.2. The van der Waals surface area contributed by atoms with Gasteiger partial charge in [0, 0.05) is 17.8 Å². The summed E-state index contributed by atoms with van der Waals surface area (Å²) in [5.74, 6) is -1.90. The lowest BCUT2D eigenvalue weighted by Gasteiger charge is -2.21. The predicted octanol–water partition coefficient (Wildman–Crippen LogP) is 4.30. The average Bonchev–Trinajstić information content (AvgIpc) is 2.44. The van der Waals surface area contributed by atoms with Gasteiger partial charge in [0.1, 0.15) is 5.83 Å². The molecular weight excluding hydrogens is 374 g/mol. The van der Waals surface area contributed by atoms with Gasteiger partial charge in [0.2, 0.25) is 15.9 Å². The Labute approximate surface area is 160 Å². The quantitative estimate of drug-likeness (QED) is 0.565. The Morgan fingerprint density at radius 2 is 1.74 bits per heavy atom. The highest BCUT2D eigenvalue weighted by atomic mass is 32.2. The van der Waals surface area contributed by atoms with Gasteiger partial charge in [0.15, 0.2) is 0 Å². The van der Waals surface area contributed by atoms with Crippen molar-refractivity contribution in [3.05, 3.63) is 60.0 Å². The molecule has 0 aromatic carbocycles. The number of carbonyl (C=O) groups is 1. The summed E-state index contributed by atoms with van der Waals surface area (Å²) in [7, 11) is -3.60. The molecule has 0 aliphatic carbocycles. The molecule has 5 nitrogen and oxygen atoms in total. The highest BCUT2D eigenvalue weighted by Gasteiger charge is 2.28. The zero-order chi connectivity index (χ0) is 21.3. The first kappa shape index (κ1) is 24.8. The van der Waals surface area contributed by atoms with E-state index in [-0.39, 0.29) is 18.5 Å². The van der Waals surface area contributed by atoms with Crippen molar-refractivity contribution in [3.8, 4) is 0 Å². The Balaban J connectivity index is 5.08. The Kier molecular flexibility index (Phi) is 9.93. The lowest BCUT2D eigenvalue weighted by atomic mass is 10.2. The number of carbonyl (C=O) groups excluding carboxylic acids is 1. The monoisotopic (exact) mass is 402 g/mol. The number of nitrogens with one attached hydrogen (secondary N) is 2. The second kappa shape index (κ2) is 10.8. The van der Waals surface area contributed by atoms with Gasteiger partial charge in [-0.15, -0.1) is 0 Å². The van der Waals surface area contributed by atoms with E-state index >= 15 is 0 Å². The first-order valence-corrected chi connectivity index (χ1v) is 9.81. The molecule has 0 saturated heterocycles. The van der Waals surface area contributed by atoms with Crippen LogP contribution in [0.2, 0.25) is 0 Å². The van der Waals surface area contributed by atoms with Crippen molar-refractivity contribution in [2.45, 2.75) is 52.2 Å². The van der Waals surface area contributed by atoms with Crippen LogP contribution in [0.4, 0.5) is 8.78 Å². The van der Waals surface area contributed by atoms with E-state index in [9.17, 15) is 22.0 Å². The van der Waals surface area contributed by atoms with Gasteiger partial charge in [0.05, 0.1) is 10.6 Å². The van der Waals surface area contributed by atoms with Gasteiger partial charge in [-0.3, -0.25) is 9.52 Å². The second-order valence-corrected chi connectivity index (χ2v) is 9.18. The van der Waals surface area contributed by atoms with Gasteiger partial charge in [-0.1, -0.05) is 18.7 Å². The standard InChI is InChI=1S/C19H28F2N2O3S/c1-7-9-16(23-27(25,26)19(4,5)6)10-8-11-18(24)22-17(12-14(2)20)13-15(3)21/h7,9-10,12-13,23H,2,8,11H2,1,3-6H3,(H,22,24)/b9-7-,15-13+,16-10+,17-12+. The minimum Gasteiger partial charge on any atom is -0.326 e. The number of allylic oxidation sites excluding steroid dienone is 7. The van der Waals surface area contributed by atoms with E-state index in [1.807, 2.05) is 0 Å². The lowest BCUT2D eigenvalue weighted by molar-refractivity contribution is -0.120. The van der Waals surface area contributed by atoms with Crippen LogP contribution >= 0.6 is 0 Å². The van der Waals surface area contributed by atoms with E-state index < -0.39 is 32.3 Å². The number of sulfonamides is 1. The Bertz CT molecular complexity index is 767. The fourth-order valence-corrected chi connectivity index (χ4v) is 2.48. The van der Waals surface area contributed by atoms with Gasteiger partial charge in [0.25, 0.3) is 0 Å². The lowest BCUT2D eigenvalue weighted by Crippen LogP contribution is -2.38. The summed E-state index contributed by atoms with van der Waals surface area (Å²) < 4.78 is 51.8. The summed E-state index contributed by atoms with van der Waals surface area (Å²) in [6.45, 7) is 10.7. The molecule has 0 aromatic rings. The third kappa shape index (κ3) is 10.5. The van der Waals surface area contributed by atoms with Gasteiger partial charge in [-0.05, 0) is 59.3 Å². The van der Waals surface area contributed by atoms with Crippen LogP contribution in [-0.2, 0) is 14.8 Å².